The lowest BCUT2D eigenvalue weighted by Gasteiger charge is -2.15. The second kappa shape index (κ2) is 13.1. The van der Waals surface area contributed by atoms with Gasteiger partial charge in [0.15, 0.2) is 5.82 Å². The van der Waals surface area contributed by atoms with Crippen LogP contribution in [0.25, 0.3) is 83.5 Å². The van der Waals surface area contributed by atoms with Crippen molar-refractivity contribution in [3.63, 3.8) is 0 Å². The molecule has 5 aromatic carbocycles. The first kappa shape index (κ1) is 30.5. The highest BCUT2D eigenvalue weighted by molar-refractivity contribution is 6.09. The number of fused-ring (bicyclic) bond motifs is 3. The Labute approximate surface area is 297 Å². The van der Waals surface area contributed by atoms with E-state index in [1.807, 2.05) is 24.3 Å². The molecule has 4 nitrogen and oxygen atoms in total. The minimum absolute atomic E-state index is 0.438. The van der Waals surface area contributed by atoms with Crippen molar-refractivity contribution in [1.29, 1.82) is 0 Å². The van der Waals surface area contributed by atoms with Crippen LogP contribution in [0.4, 0.5) is 0 Å². The molecule has 0 fully saturated rings. The maximum atomic E-state index is 5.38. The van der Waals surface area contributed by atoms with Gasteiger partial charge in [0.2, 0.25) is 0 Å². The number of allylic oxidation sites excluding steroid dienone is 4. The van der Waals surface area contributed by atoms with Gasteiger partial charge >= 0.3 is 0 Å². The molecule has 242 valence electrons. The first-order valence-corrected chi connectivity index (χ1v) is 17.5. The fraction of sp³-hybridized carbons (Fsp3) is 0.0638. The molecule has 0 spiro atoms. The average Bonchev–Trinajstić information content (AvgIpc) is 3.21. The molecule has 0 saturated carbocycles. The standard InChI is InChI=1S/C47H34N4/c1-31-13-11-22-38(27-31)47-50-43(34-18-9-4-10-19-34)30-44(51-47)37-21-12-20-36(28-37)42-29-40(32-14-5-2-6-15-32)39-25-23-35-24-26-41(33-16-7-3-8-17-33)48-45(35)46(39)49-42/h2-12,14-31H,13H2,1H3. The summed E-state index contributed by atoms with van der Waals surface area (Å²) in [6.07, 6.45) is 7.67. The van der Waals surface area contributed by atoms with Crippen molar-refractivity contribution in [2.45, 2.75) is 13.3 Å². The largest absolute Gasteiger partial charge is 0.245 e. The summed E-state index contributed by atoms with van der Waals surface area (Å²) in [5, 5.41) is 2.13. The van der Waals surface area contributed by atoms with Gasteiger partial charge in [-0.1, -0.05) is 153 Å². The molecule has 9 rings (SSSR count). The topological polar surface area (TPSA) is 51.6 Å². The van der Waals surface area contributed by atoms with Gasteiger partial charge in [-0.15, -0.1) is 0 Å². The van der Waals surface area contributed by atoms with E-state index in [-0.39, 0.29) is 0 Å². The van der Waals surface area contributed by atoms with Gasteiger partial charge in [-0.05, 0) is 47.7 Å². The lowest BCUT2D eigenvalue weighted by molar-refractivity contribution is 0.738. The Morgan fingerprint density at radius 1 is 0.471 bits per heavy atom. The van der Waals surface area contributed by atoms with Crippen LogP contribution in [-0.2, 0) is 0 Å². The molecular formula is C47H34N4. The van der Waals surface area contributed by atoms with Gasteiger partial charge in [-0.25, -0.2) is 19.9 Å². The van der Waals surface area contributed by atoms with Gasteiger partial charge in [0, 0.05) is 38.6 Å². The minimum Gasteiger partial charge on any atom is -0.245 e. The van der Waals surface area contributed by atoms with Crippen molar-refractivity contribution >= 4 is 27.4 Å². The molecule has 0 radical (unpaired) electrons. The van der Waals surface area contributed by atoms with E-state index < -0.39 is 0 Å². The summed E-state index contributed by atoms with van der Waals surface area (Å²) in [5.74, 6) is 1.18. The summed E-state index contributed by atoms with van der Waals surface area (Å²) in [5.41, 5.74) is 12.8. The number of nitrogens with zero attached hydrogens (tertiary/aromatic N) is 4. The zero-order valence-electron chi connectivity index (χ0n) is 28.2. The zero-order valence-corrected chi connectivity index (χ0v) is 28.2. The normalized spacial score (nSPS) is 14.1. The summed E-state index contributed by atoms with van der Waals surface area (Å²) in [7, 11) is 0. The van der Waals surface area contributed by atoms with E-state index in [9.17, 15) is 0 Å². The van der Waals surface area contributed by atoms with Crippen molar-refractivity contribution in [2.24, 2.45) is 5.92 Å². The second-order valence-corrected chi connectivity index (χ2v) is 13.2. The maximum Gasteiger partial charge on any atom is 0.160 e. The maximum absolute atomic E-state index is 5.38. The third-order valence-corrected chi connectivity index (χ3v) is 9.57. The Morgan fingerprint density at radius 2 is 1.04 bits per heavy atom. The van der Waals surface area contributed by atoms with Crippen molar-refractivity contribution in [3.05, 3.63) is 176 Å². The third-order valence-electron chi connectivity index (χ3n) is 9.57. The number of pyridine rings is 2. The Morgan fingerprint density at radius 3 is 1.73 bits per heavy atom. The fourth-order valence-electron chi connectivity index (χ4n) is 6.95. The van der Waals surface area contributed by atoms with E-state index in [2.05, 4.69) is 153 Å². The van der Waals surface area contributed by atoms with Crippen LogP contribution in [-0.4, -0.2) is 19.9 Å². The minimum atomic E-state index is 0.438. The van der Waals surface area contributed by atoms with E-state index in [4.69, 9.17) is 19.9 Å². The average molecular weight is 655 g/mol. The van der Waals surface area contributed by atoms with Crippen LogP contribution in [0, 0.1) is 5.92 Å². The molecule has 8 aromatic rings. The van der Waals surface area contributed by atoms with Gasteiger partial charge in [0.25, 0.3) is 0 Å². The smallest absolute Gasteiger partial charge is 0.160 e. The molecule has 1 unspecified atom stereocenters. The molecule has 4 heteroatoms. The van der Waals surface area contributed by atoms with Gasteiger partial charge in [-0.2, -0.15) is 0 Å². The van der Waals surface area contributed by atoms with Crippen molar-refractivity contribution in [1.82, 2.24) is 19.9 Å². The molecule has 0 N–H and O–H groups in total. The summed E-state index contributed by atoms with van der Waals surface area (Å²) >= 11 is 0. The van der Waals surface area contributed by atoms with E-state index in [0.29, 0.717) is 5.92 Å². The van der Waals surface area contributed by atoms with E-state index in [1.54, 1.807) is 0 Å². The Kier molecular flexibility index (Phi) is 7.82. The highest BCUT2D eigenvalue weighted by Crippen LogP contribution is 2.37. The first-order chi connectivity index (χ1) is 25.2. The predicted molar refractivity (Wildman–Crippen MR) is 211 cm³/mol. The molecule has 0 saturated heterocycles. The Hall–Kier alpha value is -6.52. The van der Waals surface area contributed by atoms with Gasteiger partial charge in [-0.3, -0.25) is 0 Å². The summed E-state index contributed by atoms with van der Waals surface area (Å²) < 4.78 is 0. The van der Waals surface area contributed by atoms with Gasteiger partial charge < -0.3 is 0 Å². The van der Waals surface area contributed by atoms with E-state index in [0.717, 1.165) is 95.8 Å². The molecule has 0 amide bonds. The lowest BCUT2D eigenvalue weighted by atomic mass is 9.96. The molecule has 1 aliphatic carbocycles. The number of hydrogen-bond acceptors (Lipinski definition) is 4. The molecule has 3 heterocycles. The molecule has 1 atom stereocenters. The van der Waals surface area contributed by atoms with Crippen molar-refractivity contribution < 1.29 is 0 Å². The summed E-state index contributed by atoms with van der Waals surface area (Å²) in [4.78, 5) is 20.8. The van der Waals surface area contributed by atoms with Crippen LogP contribution in [0.3, 0.4) is 0 Å². The molecule has 1 aliphatic rings. The van der Waals surface area contributed by atoms with Crippen molar-refractivity contribution in [3.8, 4) is 56.2 Å². The fourth-order valence-corrected chi connectivity index (χ4v) is 6.95. The Bertz CT molecular complexity index is 2610. The Balaban J connectivity index is 1.23. The monoisotopic (exact) mass is 654 g/mol. The first-order valence-electron chi connectivity index (χ1n) is 17.5. The van der Waals surface area contributed by atoms with Crippen LogP contribution in [0.2, 0.25) is 0 Å². The van der Waals surface area contributed by atoms with Crippen LogP contribution < -0.4 is 0 Å². The number of hydrogen-bond donors (Lipinski definition) is 0. The van der Waals surface area contributed by atoms with Crippen LogP contribution in [0.5, 0.6) is 0 Å². The summed E-state index contributed by atoms with van der Waals surface area (Å²) in [6, 6.07) is 52.7. The molecule has 51 heavy (non-hydrogen) atoms. The zero-order chi connectivity index (χ0) is 34.1. The van der Waals surface area contributed by atoms with Gasteiger partial charge in [0.1, 0.15) is 0 Å². The molecule has 0 bridgehead atoms. The SMILES string of the molecule is CC1C=C(c2nc(-c3ccccc3)cc(-c3cccc(-c4cc(-c5ccccc5)c5ccc6ccc(-c7ccccc7)nc6c5n4)c3)n2)C=CC1. The molecule has 3 aromatic heterocycles. The van der Waals surface area contributed by atoms with Crippen LogP contribution >= 0.6 is 0 Å². The third kappa shape index (κ3) is 6.02. The van der Waals surface area contributed by atoms with Crippen LogP contribution in [0.15, 0.2) is 170 Å². The lowest BCUT2D eigenvalue weighted by Crippen LogP contribution is -2.02. The molecular weight excluding hydrogens is 621 g/mol. The number of benzene rings is 5. The second-order valence-electron chi connectivity index (χ2n) is 13.2. The van der Waals surface area contributed by atoms with Crippen molar-refractivity contribution in [2.75, 3.05) is 0 Å². The van der Waals surface area contributed by atoms with E-state index in [1.165, 1.54) is 0 Å². The quantitative estimate of drug-likeness (QED) is 0.167. The number of rotatable bonds is 6. The van der Waals surface area contributed by atoms with Crippen LogP contribution in [0.1, 0.15) is 19.2 Å². The number of aromatic nitrogens is 4. The van der Waals surface area contributed by atoms with E-state index >= 15 is 0 Å². The predicted octanol–water partition coefficient (Wildman–Crippen LogP) is 11.9. The summed E-state index contributed by atoms with van der Waals surface area (Å²) in [6.45, 7) is 2.23. The highest BCUT2D eigenvalue weighted by atomic mass is 14.9. The van der Waals surface area contributed by atoms with Gasteiger partial charge in [0.05, 0.1) is 33.8 Å². The molecule has 0 aliphatic heterocycles. The highest BCUT2D eigenvalue weighted by Gasteiger charge is 2.17.